The van der Waals surface area contributed by atoms with Crippen LogP contribution in [0.1, 0.15) is 164 Å². The van der Waals surface area contributed by atoms with Crippen LogP contribution in [0.15, 0.2) is 12.2 Å². The summed E-state index contributed by atoms with van der Waals surface area (Å²) in [5.74, 6) is -0.356. The fraction of sp³-hybridized carbons (Fsp3) is 0.861. The highest BCUT2D eigenvalue weighted by Gasteiger charge is 2.31. The van der Waals surface area contributed by atoms with E-state index in [0.29, 0.717) is 12.8 Å². The molecule has 0 radical (unpaired) electrons. The third kappa shape index (κ3) is 31.3. The van der Waals surface area contributed by atoms with E-state index in [1.54, 1.807) is 6.92 Å². The van der Waals surface area contributed by atoms with Gasteiger partial charge in [-0.1, -0.05) is 111 Å². The Balaban J connectivity index is -0.000000291. The first-order valence-electron chi connectivity index (χ1n) is 16.7. The third-order valence-electron chi connectivity index (χ3n) is 7.61. The number of aliphatic hydroxyl groups excluding tert-OH is 1. The van der Waals surface area contributed by atoms with Crippen molar-refractivity contribution in [3.63, 3.8) is 0 Å². The van der Waals surface area contributed by atoms with E-state index in [2.05, 4.69) is 40.2 Å². The molecule has 0 spiro atoms. The Morgan fingerprint density at radius 3 is 1.56 bits per heavy atom. The minimum atomic E-state index is -0.714. The summed E-state index contributed by atoms with van der Waals surface area (Å²) in [6.07, 6.45) is 26.7. The lowest BCUT2D eigenvalue weighted by atomic mass is 9.89. The maximum Gasteiger partial charge on any atom is 0.313 e. The van der Waals surface area contributed by atoms with Gasteiger partial charge in [-0.05, 0) is 58.3 Å². The second kappa shape index (κ2) is 36.3. The highest BCUT2D eigenvalue weighted by molar-refractivity contribution is 5.76. The minimum absolute atomic E-state index is 0. The van der Waals surface area contributed by atoms with Crippen LogP contribution in [0.5, 0.6) is 0 Å². The lowest BCUT2D eigenvalue weighted by molar-refractivity contribution is -0.154. The molecule has 0 bridgehead atoms. The van der Waals surface area contributed by atoms with Gasteiger partial charge < -0.3 is 19.3 Å². The van der Waals surface area contributed by atoms with Crippen molar-refractivity contribution in [1.29, 1.82) is 0 Å². The molecule has 0 rings (SSSR count). The molecule has 7 heteroatoms. The summed E-state index contributed by atoms with van der Waals surface area (Å²) >= 11 is 0. The number of carbonyl (C=O) groups excluding carboxylic acids is 3. The summed E-state index contributed by atoms with van der Waals surface area (Å²) in [4.78, 5) is 32.9. The molecule has 0 aromatic heterocycles. The van der Waals surface area contributed by atoms with Gasteiger partial charge >= 0.3 is 17.9 Å². The normalized spacial score (nSPS) is 12.4. The monoisotopic (exact) mass is 617 g/mol. The number of allylic oxidation sites excluding steroid dienone is 2. The summed E-state index contributed by atoms with van der Waals surface area (Å²) in [7, 11) is 4.24. The van der Waals surface area contributed by atoms with Gasteiger partial charge in [-0.2, -0.15) is 0 Å². The fourth-order valence-corrected chi connectivity index (χ4v) is 4.12. The molecular weight excluding hydrogens is 544 g/mol. The molecule has 0 amide bonds. The lowest BCUT2D eigenvalue weighted by Crippen LogP contribution is -2.31. The second-order valence-electron chi connectivity index (χ2n) is 11.2. The predicted molar refractivity (Wildman–Crippen MR) is 181 cm³/mol. The maximum absolute atomic E-state index is 11.0. The summed E-state index contributed by atoms with van der Waals surface area (Å²) in [5, 5.41) is 8.79. The quantitative estimate of drug-likeness (QED) is 0.0528. The van der Waals surface area contributed by atoms with Crippen LogP contribution in [0, 0.1) is 11.3 Å². The number of carbonyl (C=O) groups is 3. The maximum atomic E-state index is 11.0. The molecule has 0 aromatic carbocycles. The molecule has 258 valence electrons. The molecule has 0 aliphatic rings. The standard InChI is InChI=1S/C19H36O2.C9H18O2.C7H14O3.CH4/c1-3-4-5-6-7-8-9-10-11-12-13-14-15-16-17-18-19(20)21-2;1-4-6-7-8(5-2)9(10)11-3;1-4-7(2,5-8)6(9)10-3;/h10-11H,3-9,12-18H2,1-2H3;8H,4-7H2,1-3H3;8H,4-5H2,1-3H3;1H4/b11-10-;;;. The smallest absolute Gasteiger partial charge is 0.313 e. The summed E-state index contributed by atoms with van der Waals surface area (Å²) in [6, 6.07) is 0. The van der Waals surface area contributed by atoms with Crippen LogP contribution in [0.2, 0.25) is 0 Å². The van der Waals surface area contributed by atoms with Gasteiger partial charge in [0.2, 0.25) is 0 Å². The molecule has 0 aromatic rings. The average molecular weight is 617 g/mol. The molecule has 0 saturated carbocycles. The number of unbranched alkanes of at least 4 members (excludes halogenated alkanes) is 12. The SMILES string of the molecule is C.CCC(C)(CO)C(=O)OC.CCCCC(CC)C(=O)OC.CCCCCCCC/C=C\CCCCCCCC(=O)OC. The van der Waals surface area contributed by atoms with Crippen molar-refractivity contribution >= 4 is 17.9 Å². The zero-order valence-electron chi connectivity index (χ0n) is 28.8. The molecule has 0 aliphatic carbocycles. The van der Waals surface area contributed by atoms with E-state index >= 15 is 0 Å². The van der Waals surface area contributed by atoms with Crippen molar-refractivity contribution in [3.05, 3.63) is 12.2 Å². The topological polar surface area (TPSA) is 99.1 Å². The summed E-state index contributed by atoms with van der Waals surface area (Å²) in [5.41, 5.74) is -0.714. The molecule has 0 saturated heterocycles. The van der Waals surface area contributed by atoms with E-state index in [9.17, 15) is 14.4 Å². The van der Waals surface area contributed by atoms with Crippen molar-refractivity contribution in [2.75, 3.05) is 27.9 Å². The number of ether oxygens (including phenoxy) is 3. The highest BCUT2D eigenvalue weighted by Crippen LogP contribution is 2.21. The van der Waals surface area contributed by atoms with Gasteiger partial charge in [0.25, 0.3) is 0 Å². The largest absolute Gasteiger partial charge is 0.469 e. The fourth-order valence-electron chi connectivity index (χ4n) is 4.12. The van der Waals surface area contributed by atoms with Crippen molar-refractivity contribution < 1.29 is 33.7 Å². The van der Waals surface area contributed by atoms with Crippen LogP contribution < -0.4 is 0 Å². The van der Waals surface area contributed by atoms with E-state index in [0.717, 1.165) is 38.5 Å². The molecule has 0 fully saturated rings. The van der Waals surface area contributed by atoms with Crippen molar-refractivity contribution in [2.24, 2.45) is 11.3 Å². The first-order chi connectivity index (χ1) is 20.2. The molecule has 43 heavy (non-hydrogen) atoms. The van der Waals surface area contributed by atoms with E-state index in [4.69, 9.17) is 5.11 Å². The molecule has 2 unspecified atom stereocenters. The molecular formula is C36H72O7. The van der Waals surface area contributed by atoms with Crippen LogP contribution in [0.25, 0.3) is 0 Å². The van der Waals surface area contributed by atoms with Crippen molar-refractivity contribution in [2.45, 2.75) is 164 Å². The van der Waals surface area contributed by atoms with Crippen LogP contribution in [-0.2, 0) is 28.6 Å². The van der Waals surface area contributed by atoms with Crippen LogP contribution >= 0.6 is 0 Å². The Kier molecular flexibility index (Phi) is 40.5. The van der Waals surface area contributed by atoms with E-state index in [1.165, 1.54) is 92.0 Å². The van der Waals surface area contributed by atoms with Crippen LogP contribution in [0.3, 0.4) is 0 Å². The van der Waals surface area contributed by atoms with Gasteiger partial charge in [0.05, 0.1) is 39.3 Å². The second-order valence-corrected chi connectivity index (χ2v) is 11.2. The van der Waals surface area contributed by atoms with E-state index < -0.39 is 5.41 Å². The van der Waals surface area contributed by atoms with Gasteiger partial charge in [0.1, 0.15) is 0 Å². The summed E-state index contributed by atoms with van der Waals surface area (Å²) < 4.78 is 13.8. The molecule has 1 N–H and O–H groups in total. The number of methoxy groups -OCH3 is 3. The Bertz CT molecular complexity index is 642. The zero-order valence-corrected chi connectivity index (χ0v) is 28.8. The average Bonchev–Trinajstić information content (AvgIpc) is 3.02. The third-order valence-corrected chi connectivity index (χ3v) is 7.61. The molecule has 2 atom stereocenters. The number of hydrogen-bond donors (Lipinski definition) is 1. The number of aliphatic hydroxyl groups is 1. The van der Waals surface area contributed by atoms with Crippen LogP contribution in [0.4, 0.5) is 0 Å². The van der Waals surface area contributed by atoms with Gasteiger partial charge in [-0.25, -0.2) is 0 Å². The minimum Gasteiger partial charge on any atom is -0.469 e. The van der Waals surface area contributed by atoms with Gasteiger partial charge in [0.15, 0.2) is 0 Å². The van der Waals surface area contributed by atoms with E-state index in [1.807, 2.05) is 13.8 Å². The van der Waals surface area contributed by atoms with E-state index in [-0.39, 0.29) is 37.9 Å². The molecule has 0 heterocycles. The Morgan fingerprint density at radius 2 is 1.19 bits per heavy atom. The van der Waals surface area contributed by atoms with Crippen molar-refractivity contribution in [3.8, 4) is 0 Å². The van der Waals surface area contributed by atoms with Gasteiger partial charge in [-0.15, -0.1) is 0 Å². The summed E-state index contributed by atoms with van der Waals surface area (Å²) in [6.45, 7) is 9.78. The number of esters is 3. The van der Waals surface area contributed by atoms with Gasteiger partial charge in [0, 0.05) is 6.42 Å². The first kappa shape index (κ1) is 48.0. The number of rotatable bonds is 23. The van der Waals surface area contributed by atoms with Crippen LogP contribution in [-0.4, -0.2) is 51.0 Å². The number of hydrogen-bond acceptors (Lipinski definition) is 7. The van der Waals surface area contributed by atoms with Gasteiger partial charge in [-0.3, -0.25) is 14.4 Å². The lowest BCUT2D eigenvalue weighted by Gasteiger charge is -2.21. The Hall–Kier alpha value is -1.89. The zero-order chi connectivity index (χ0) is 32.5. The van der Waals surface area contributed by atoms with Crippen molar-refractivity contribution in [1.82, 2.24) is 0 Å². The first-order valence-corrected chi connectivity index (χ1v) is 16.7. The molecule has 0 aliphatic heterocycles. The predicted octanol–water partition coefficient (Wildman–Crippen LogP) is 9.78. The molecule has 7 nitrogen and oxygen atoms in total. The highest BCUT2D eigenvalue weighted by atomic mass is 16.5. The Labute approximate surface area is 266 Å². The Morgan fingerprint density at radius 1 is 0.698 bits per heavy atom.